The van der Waals surface area contributed by atoms with Crippen molar-refractivity contribution in [3.8, 4) is 5.75 Å². The zero-order valence-electron chi connectivity index (χ0n) is 14.9. The Kier molecular flexibility index (Phi) is 6.83. The molecule has 0 saturated carbocycles. The molecule has 0 fully saturated rings. The van der Waals surface area contributed by atoms with Gasteiger partial charge in [0.05, 0.1) is 18.0 Å². The second-order valence-electron chi connectivity index (χ2n) is 5.72. The topological polar surface area (TPSA) is 89.3 Å². The van der Waals surface area contributed by atoms with Crippen LogP contribution in [0.5, 0.6) is 5.75 Å². The van der Waals surface area contributed by atoms with E-state index in [1.807, 2.05) is 45.2 Å². The average Bonchev–Trinajstić information content (AvgIpc) is 2.89. The highest BCUT2D eigenvalue weighted by Crippen LogP contribution is 2.23. The van der Waals surface area contributed by atoms with Crippen LogP contribution in [0.15, 0.2) is 29.4 Å². The molecule has 0 radical (unpaired) electrons. The van der Waals surface area contributed by atoms with Crippen molar-refractivity contribution in [2.75, 3.05) is 11.9 Å². The van der Waals surface area contributed by atoms with E-state index in [9.17, 15) is 9.90 Å². The molecule has 0 bridgehead atoms. The number of nitrogens with one attached hydrogen (secondary N) is 1. The Bertz CT molecular complexity index is 700. The molecule has 2 rings (SSSR count). The van der Waals surface area contributed by atoms with Crippen LogP contribution in [0.3, 0.4) is 0 Å². The van der Waals surface area contributed by atoms with Crippen LogP contribution in [0.1, 0.15) is 26.6 Å². The van der Waals surface area contributed by atoms with Gasteiger partial charge in [0.1, 0.15) is 11.6 Å². The monoisotopic (exact) mass is 364 g/mol. The first kappa shape index (κ1) is 19.3. The summed E-state index contributed by atoms with van der Waals surface area (Å²) in [6, 6.07) is 7.26. The molecular weight excluding hydrogens is 340 g/mol. The fourth-order valence-corrected chi connectivity index (χ4v) is 2.98. The van der Waals surface area contributed by atoms with Crippen molar-refractivity contribution in [3.05, 3.63) is 30.1 Å². The minimum Gasteiger partial charge on any atom is -0.494 e. The molecule has 0 aliphatic carbocycles. The number of carbonyl (C=O) groups excluding carboxylic acids is 1. The van der Waals surface area contributed by atoms with Crippen molar-refractivity contribution in [3.63, 3.8) is 0 Å². The lowest BCUT2D eigenvalue weighted by atomic mass is 10.3. The zero-order chi connectivity index (χ0) is 18.4. The lowest BCUT2D eigenvalue weighted by Crippen LogP contribution is -2.22. The highest BCUT2D eigenvalue weighted by atomic mass is 32.2. The Morgan fingerprint density at radius 1 is 1.32 bits per heavy atom. The molecule has 2 atom stereocenters. The minimum absolute atomic E-state index is 0.116. The maximum absolute atomic E-state index is 12.4. The second-order valence-corrected chi connectivity index (χ2v) is 7.03. The third-order valence-electron chi connectivity index (χ3n) is 3.49. The second kappa shape index (κ2) is 8.87. The number of anilines is 1. The van der Waals surface area contributed by atoms with Crippen LogP contribution in [0.4, 0.5) is 5.69 Å². The maximum atomic E-state index is 12.4. The van der Waals surface area contributed by atoms with Gasteiger partial charge in [0.15, 0.2) is 5.16 Å². The number of carbonyl (C=O) groups is 1. The van der Waals surface area contributed by atoms with Crippen molar-refractivity contribution in [2.24, 2.45) is 7.05 Å². The number of hydrogen-bond donors (Lipinski definition) is 2. The number of hydrogen-bond acceptors (Lipinski definition) is 6. The molecule has 7 nitrogen and oxygen atoms in total. The maximum Gasteiger partial charge on any atom is 0.237 e. The fourth-order valence-electron chi connectivity index (χ4n) is 2.15. The van der Waals surface area contributed by atoms with Gasteiger partial charge in [-0.1, -0.05) is 11.8 Å². The van der Waals surface area contributed by atoms with Crippen molar-refractivity contribution in [2.45, 2.75) is 43.7 Å². The third kappa shape index (κ3) is 5.47. The summed E-state index contributed by atoms with van der Waals surface area (Å²) in [5, 5.41) is 20.8. The lowest BCUT2D eigenvalue weighted by molar-refractivity contribution is -0.115. The number of nitrogens with zero attached hydrogens (tertiary/aromatic N) is 3. The Hall–Kier alpha value is -2.06. The number of aliphatic hydroxyl groups is 1. The Labute approximate surface area is 151 Å². The van der Waals surface area contributed by atoms with Crippen molar-refractivity contribution < 1.29 is 14.6 Å². The lowest BCUT2D eigenvalue weighted by Gasteiger charge is -2.12. The van der Waals surface area contributed by atoms with E-state index < -0.39 is 6.10 Å². The highest BCUT2D eigenvalue weighted by Gasteiger charge is 2.19. The first-order valence-electron chi connectivity index (χ1n) is 8.17. The van der Waals surface area contributed by atoms with Gasteiger partial charge in [-0.25, -0.2) is 0 Å². The summed E-state index contributed by atoms with van der Waals surface area (Å²) in [5.74, 6) is 1.35. The van der Waals surface area contributed by atoms with Crippen LogP contribution in [0.2, 0.25) is 0 Å². The molecular formula is C17H24N4O3S. The fraction of sp³-hybridized carbons (Fsp3) is 0.471. The summed E-state index contributed by atoms with van der Waals surface area (Å²) in [7, 11) is 1.83. The highest BCUT2D eigenvalue weighted by molar-refractivity contribution is 8.00. The van der Waals surface area contributed by atoms with Crippen LogP contribution in [-0.2, 0) is 18.3 Å². The smallest absolute Gasteiger partial charge is 0.237 e. The molecule has 1 aromatic heterocycles. The Balaban J connectivity index is 1.95. The van der Waals surface area contributed by atoms with E-state index in [0.29, 0.717) is 29.7 Å². The number of ether oxygens (including phenoxy) is 1. The van der Waals surface area contributed by atoms with E-state index in [2.05, 4.69) is 15.5 Å². The molecule has 136 valence electrons. The molecule has 8 heteroatoms. The number of thioether (sulfide) groups is 1. The molecule has 0 aliphatic rings. The summed E-state index contributed by atoms with van der Waals surface area (Å²) in [6.07, 6.45) is -0.0577. The number of aromatic nitrogens is 3. The van der Waals surface area contributed by atoms with E-state index in [1.54, 1.807) is 11.5 Å². The quantitative estimate of drug-likeness (QED) is 0.699. The first-order chi connectivity index (χ1) is 11.9. The SMILES string of the molecule is CCOc1ccc(NC(=O)C(C)Sc2nnc(CC(C)O)n2C)cc1. The average molecular weight is 364 g/mol. The van der Waals surface area contributed by atoms with Crippen molar-refractivity contribution >= 4 is 23.4 Å². The van der Waals surface area contributed by atoms with Crippen LogP contribution in [0, 0.1) is 0 Å². The zero-order valence-corrected chi connectivity index (χ0v) is 15.7. The molecule has 0 aliphatic heterocycles. The normalized spacial score (nSPS) is 13.3. The van der Waals surface area contributed by atoms with Gasteiger partial charge in [0.2, 0.25) is 5.91 Å². The number of rotatable bonds is 8. The minimum atomic E-state index is -0.485. The van der Waals surface area contributed by atoms with Gasteiger partial charge in [-0.15, -0.1) is 10.2 Å². The molecule has 1 heterocycles. The molecule has 2 aromatic rings. The molecule has 25 heavy (non-hydrogen) atoms. The molecule has 2 N–H and O–H groups in total. The number of benzene rings is 1. The van der Waals surface area contributed by atoms with E-state index >= 15 is 0 Å². The molecule has 1 aromatic carbocycles. The van der Waals surface area contributed by atoms with Crippen LogP contribution < -0.4 is 10.1 Å². The predicted molar refractivity (Wildman–Crippen MR) is 97.9 cm³/mol. The van der Waals surface area contributed by atoms with Gasteiger partial charge in [-0.3, -0.25) is 4.79 Å². The number of amides is 1. The summed E-state index contributed by atoms with van der Waals surface area (Å²) < 4.78 is 7.19. The van der Waals surface area contributed by atoms with Crippen LogP contribution in [0.25, 0.3) is 0 Å². The van der Waals surface area contributed by atoms with E-state index in [0.717, 1.165) is 5.75 Å². The van der Waals surface area contributed by atoms with Crippen LogP contribution >= 0.6 is 11.8 Å². The molecule has 1 amide bonds. The summed E-state index contributed by atoms with van der Waals surface area (Å²) in [4.78, 5) is 12.4. The Morgan fingerprint density at radius 2 is 2.00 bits per heavy atom. The van der Waals surface area contributed by atoms with E-state index in [-0.39, 0.29) is 11.2 Å². The van der Waals surface area contributed by atoms with Gasteiger partial charge >= 0.3 is 0 Å². The van der Waals surface area contributed by atoms with Crippen LogP contribution in [-0.4, -0.2) is 43.7 Å². The van der Waals surface area contributed by atoms with Gasteiger partial charge in [0.25, 0.3) is 0 Å². The summed E-state index contributed by atoms with van der Waals surface area (Å²) in [5.41, 5.74) is 0.716. The van der Waals surface area contributed by atoms with Crippen molar-refractivity contribution in [1.29, 1.82) is 0 Å². The van der Waals surface area contributed by atoms with Crippen molar-refractivity contribution in [1.82, 2.24) is 14.8 Å². The van der Waals surface area contributed by atoms with E-state index in [4.69, 9.17) is 4.74 Å². The molecule has 2 unspecified atom stereocenters. The van der Waals surface area contributed by atoms with Gasteiger partial charge < -0.3 is 19.7 Å². The largest absolute Gasteiger partial charge is 0.494 e. The third-order valence-corrected chi connectivity index (χ3v) is 4.62. The standard InChI is InChI=1S/C17H24N4O3S/c1-5-24-14-8-6-13(7-9-14)18-16(23)12(3)25-17-20-19-15(21(17)4)10-11(2)22/h6-9,11-12,22H,5,10H2,1-4H3,(H,18,23). The molecule has 0 saturated heterocycles. The van der Waals surface area contributed by atoms with Gasteiger partial charge in [-0.2, -0.15) is 0 Å². The first-order valence-corrected chi connectivity index (χ1v) is 9.05. The Morgan fingerprint density at radius 3 is 2.60 bits per heavy atom. The summed E-state index contributed by atoms with van der Waals surface area (Å²) in [6.45, 7) is 6.05. The van der Waals surface area contributed by atoms with Gasteiger partial charge in [-0.05, 0) is 45.0 Å². The molecule has 0 spiro atoms. The number of aliphatic hydroxyl groups excluding tert-OH is 1. The van der Waals surface area contributed by atoms with Gasteiger partial charge in [0, 0.05) is 19.2 Å². The summed E-state index contributed by atoms with van der Waals surface area (Å²) >= 11 is 1.33. The van der Waals surface area contributed by atoms with E-state index in [1.165, 1.54) is 11.8 Å². The predicted octanol–water partition coefficient (Wildman–Crippen LogP) is 2.26.